The van der Waals surface area contributed by atoms with Gasteiger partial charge in [-0.3, -0.25) is 14.7 Å². The average Bonchev–Trinajstić information content (AvgIpc) is 3.32. The van der Waals surface area contributed by atoms with Crippen molar-refractivity contribution in [1.29, 1.82) is 0 Å². The number of hydrogen-bond donors (Lipinski definition) is 0. The van der Waals surface area contributed by atoms with E-state index in [1.165, 1.54) is 11.8 Å². The Labute approximate surface area is 188 Å². The van der Waals surface area contributed by atoms with Crippen LogP contribution in [-0.4, -0.2) is 51.6 Å². The third-order valence-electron chi connectivity index (χ3n) is 6.32. The maximum Gasteiger partial charge on any atom is 0.416 e. The number of benzene rings is 1. The smallest absolute Gasteiger partial charge is 0.369 e. The summed E-state index contributed by atoms with van der Waals surface area (Å²) < 4.78 is 43.0. The summed E-state index contributed by atoms with van der Waals surface area (Å²) >= 11 is 0. The number of halogens is 3. The van der Waals surface area contributed by atoms with Gasteiger partial charge in [-0.25, -0.2) is 0 Å². The van der Waals surface area contributed by atoms with Gasteiger partial charge >= 0.3 is 6.18 Å². The SMILES string of the molecule is O=c1c2cccn2c2cc(C(F)(F)F)ccc2n1CCCN1CCN(c2ccncc2)CC1. The van der Waals surface area contributed by atoms with Crippen molar-refractivity contribution in [1.82, 2.24) is 18.9 Å². The molecule has 6 nitrogen and oxygen atoms in total. The van der Waals surface area contributed by atoms with E-state index >= 15 is 0 Å². The summed E-state index contributed by atoms with van der Waals surface area (Å²) in [5.74, 6) is 0. The highest BCUT2D eigenvalue weighted by molar-refractivity contribution is 5.80. The molecule has 1 aliphatic heterocycles. The van der Waals surface area contributed by atoms with Gasteiger partial charge < -0.3 is 13.9 Å². The van der Waals surface area contributed by atoms with Crippen molar-refractivity contribution < 1.29 is 13.2 Å². The van der Waals surface area contributed by atoms with E-state index < -0.39 is 11.7 Å². The Balaban J connectivity index is 1.32. The molecule has 172 valence electrons. The lowest BCUT2D eigenvalue weighted by Crippen LogP contribution is -2.46. The maximum absolute atomic E-state index is 13.3. The van der Waals surface area contributed by atoms with Gasteiger partial charge in [0.05, 0.1) is 16.6 Å². The van der Waals surface area contributed by atoms with Crippen LogP contribution in [0.2, 0.25) is 0 Å². The summed E-state index contributed by atoms with van der Waals surface area (Å²) in [7, 11) is 0. The van der Waals surface area contributed by atoms with Crippen LogP contribution in [0.1, 0.15) is 12.0 Å². The number of pyridine rings is 1. The van der Waals surface area contributed by atoms with E-state index in [9.17, 15) is 18.0 Å². The van der Waals surface area contributed by atoms with Gasteiger partial charge in [-0.2, -0.15) is 13.2 Å². The van der Waals surface area contributed by atoms with Crippen LogP contribution in [0.3, 0.4) is 0 Å². The minimum atomic E-state index is -4.44. The number of rotatable bonds is 5. The van der Waals surface area contributed by atoms with E-state index in [0.29, 0.717) is 23.1 Å². The van der Waals surface area contributed by atoms with Crippen molar-refractivity contribution >= 4 is 22.2 Å². The number of nitrogens with zero attached hydrogens (tertiary/aromatic N) is 5. The number of hydrogen-bond acceptors (Lipinski definition) is 4. The van der Waals surface area contributed by atoms with Crippen LogP contribution < -0.4 is 10.5 Å². The van der Waals surface area contributed by atoms with E-state index in [1.54, 1.807) is 39.7 Å². The summed E-state index contributed by atoms with van der Waals surface area (Å²) in [5, 5.41) is 0. The van der Waals surface area contributed by atoms with Gasteiger partial charge in [-0.15, -0.1) is 0 Å². The highest BCUT2D eigenvalue weighted by atomic mass is 19.4. The first-order chi connectivity index (χ1) is 15.9. The summed E-state index contributed by atoms with van der Waals surface area (Å²) in [6.07, 6.45) is 1.52. The van der Waals surface area contributed by atoms with Crippen LogP contribution in [-0.2, 0) is 12.7 Å². The van der Waals surface area contributed by atoms with Gasteiger partial charge in [-0.1, -0.05) is 0 Å². The van der Waals surface area contributed by atoms with Crippen LogP contribution in [0, 0.1) is 0 Å². The van der Waals surface area contributed by atoms with E-state index in [4.69, 9.17) is 0 Å². The molecular weight excluding hydrogens is 431 g/mol. The summed E-state index contributed by atoms with van der Waals surface area (Å²) in [6.45, 7) is 4.96. The number of piperazine rings is 1. The molecule has 1 fully saturated rings. The highest BCUT2D eigenvalue weighted by Crippen LogP contribution is 2.31. The average molecular weight is 455 g/mol. The highest BCUT2D eigenvalue weighted by Gasteiger charge is 2.31. The van der Waals surface area contributed by atoms with Crippen LogP contribution in [0.25, 0.3) is 16.6 Å². The Morgan fingerprint density at radius 3 is 2.36 bits per heavy atom. The number of aryl methyl sites for hydroxylation is 1. The molecule has 1 saturated heterocycles. The van der Waals surface area contributed by atoms with E-state index in [-0.39, 0.29) is 5.56 Å². The largest absolute Gasteiger partial charge is 0.416 e. The minimum Gasteiger partial charge on any atom is -0.369 e. The van der Waals surface area contributed by atoms with Crippen molar-refractivity contribution in [3.8, 4) is 0 Å². The van der Waals surface area contributed by atoms with Gasteiger partial charge in [0.1, 0.15) is 5.52 Å². The van der Waals surface area contributed by atoms with Gasteiger partial charge in [0, 0.05) is 57.0 Å². The topological polar surface area (TPSA) is 45.8 Å². The molecule has 0 N–H and O–H groups in total. The van der Waals surface area contributed by atoms with Crippen LogP contribution >= 0.6 is 0 Å². The normalized spacial score (nSPS) is 15.5. The molecule has 0 saturated carbocycles. The number of aromatic nitrogens is 3. The van der Waals surface area contributed by atoms with Gasteiger partial charge in [0.15, 0.2) is 0 Å². The fraction of sp³-hybridized carbons (Fsp3) is 0.333. The fourth-order valence-corrected chi connectivity index (χ4v) is 4.59. The third kappa shape index (κ3) is 4.20. The Morgan fingerprint density at radius 2 is 1.64 bits per heavy atom. The first-order valence-corrected chi connectivity index (χ1v) is 11.0. The molecule has 0 amide bonds. The summed E-state index contributed by atoms with van der Waals surface area (Å²) in [4.78, 5) is 21.8. The van der Waals surface area contributed by atoms with E-state index in [2.05, 4.69) is 14.8 Å². The number of alkyl halides is 3. The van der Waals surface area contributed by atoms with Crippen LogP contribution in [0.4, 0.5) is 18.9 Å². The molecule has 33 heavy (non-hydrogen) atoms. The quantitative estimate of drug-likeness (QED) is 0.458. The van der Waals surface area contributed by atoms with Crippen molar-refractivity contribution in [3.05, 3.63) is 77.0 Å². The lowest BCUT2D eigenvalue weighted by atomic mass is 10.1. The zero-order valence-corrected chi connectivity index (χ0v) is 18.0. The molecular formula is C24H24F3N5O. The van der Waals surface area contributed by atoms with Crippen molar-refractivity contribution in [2.24, 2.45) is 0 Å². The molecule has 0 spiro atoms. The van der Waals surface area contributed by atoms with Crippen molar-refractivity contribution in [2.45, 2.75) is 19.1 Å². The molecule has 4 aromatic rings. The van der Waals surface area contributed by atoms with Crippen LogP contribution in [0.5, 0.6) is 0 Å². The molecule has 3 aromatic heterocycles. The monoisotopic (exact) mass is 455 g/mol. The predicted molar refractivity (Wildman–Crippen MR) is 122 cm³/mol. The maximum atomic E-state index is 13.3. The number of fused-ring (bicyclic) bond motifs is 3. The standard InChI is InChI=1S/C24H24F3N5O/c25-24(26,27)18-4-5-20-22(17-18)31-11-1-3-21(31)23(33)32(20)12-2-10-29-13-15-30(16-14-29)19-6-8-28-9-7-19/h1,3-9,11,17H,2,10,12-16H2. The molecule has 0 radical (unpaired) electrons. The second kappa shape index (κ2) is 8.55. The molecule has 5 rings (SSSR count). The second-order valence-electron chi connectivity index (χ2n) is 8.31. The molecule has 1 aromatic carbocycles. The Bertz CT molecular complexity index is 1320. The minimum absolute atomic E-state index is 0.185. The molecule has 0 bridgehead atoms. The van der Waals surface area contributed by atoms with Crippen molar-refractivity contribution in [3.63, 3.8) is 0 Å². The number of anilines is 1. The molecule has 1 aliphatic rings. The molecule has 0 unspecified atom stereocenters. The van der Waals surface area contributed by atoms with Gasteiger partial charge in [-0.05, 0) is 55.4 Å². The lowest BCUT2D eigenvalue weighted by Gasteiger charge is -2.36. The Hall–Kier alpha value is -3.33. The van der Waals surface area contributed by atoms with Gasteiger partial charge in [0.25, 0.3) is 5.56 Å². The predicted octanol–water partition coefficient (Wildman–Crippen LogP) is 3.88. The zero-order valence-electron chi connectivity index (χ0n) is 18.0. The van der Waals surface area contributed by atoms with E-state index in [1.807, 2.05) is 12.1 Å². The van der Waals surface area contributed by atoms with E-state index in [0.717, 1.165) is 51.3 Å². The summed E-state index contributed by atoms with van der Waals surface area (Å²) in [6, 6.07) is 10.9. The first-order valence-electron chi connectivity index (χ1n) is 11.0. The Morgan fingerprint density at radius 1 is 0.879 bits per heavy atom. The second-order valence-corrected chi connectivity index (χ2v) is 8.31. The molecule has 0 atom stereocenters. The zero-order chi connectivity index (χ0) is 23.0. The van der Waals surface area contributed by atoms with Crippen LogP contribution in [0.15, 0.2) is 65.8 Å². The Kier molecular flexibility index (Phi) is 5.57. The lowest BCUT2D eigenvalue weighted by molar-refractivity contribution is -0.137. The molecule has 9 heteroatoms. The summed E-state index contributed by atoms with van der Waals surface area (Å²) in [5.41, 5.74) is 1.54. The fourth-order valence-electron chi connectivity index (χ4n) is 4.59. The molecule has 4 heterocycles. The molecule has 0 aliphatic carbocycles. The first kappa shape index (κ1) is 21.5. The third-order valence-corrected chi connectivity index (χ3v) is 6.32. The van der Waals surface area contributed by atoms with Gasteiger partial charge in [0.2, 0.25) is 0 Å². The van der Waals surface area contributed by atoms with Crippen molar-refractivity contribution in [2.75, 3.05) is 37.6 Å².